The Labute approximate surface area is 484 Å². The molecule has 450 valence electrons. The molecule has 0 spiro atoms. The lowest BCUT2D eigenvalue weighted by molar-refractivity contribution is -0.167. The summed E-state index contributed by atoms with van der Waals surface area (Å²) in [6, 6.07) is 0. The molecule has 0 aliphatic heterocycles. The Morgan fingerprint density at radius 1 is 0.269 bits per heavy atom. The molecule has 0 aliphatic carbocycles. The minimum atomic E-state index is -0.789. The molecule has 0 fully saturated rings. The van der Waals surface area contributed by atoms with Crippen molar-refractivity contribution in [1.29, 1.82) is 0 Å². The monoisotopic (exact) mass is 1090 g/mol. The third-order valence-electron chi connectivity index (χ3n) is 14.6. The van der Waals surface area contributed by atoms with Gasteiger partial charge in [0.2, 0.25) is 0 Å². The number of unbranched alkanes of at least 4 members (excludes halogenated alkanes) is 36. The van der Waals surface area contributed by atoms with E-state index in [1.165, 1.54) is 186 Å². The van der Waals surface area contributed by atoms with Crippen LogP contribution < -0.4 is 0 Å². The first-order chi connectivity index (χ1) is 38.5. The number of allylic oxidation sites excluding steroid dienone is 14. The van der Waals surface area contributed by atoms with Crippen molar-refractivity contribution >= 4 is 17.9 Å². The Balaban J connectivity index is 4.29. The molecule has 6 nitrogen and oxygen atoms in total. The van der Waals surface area contributed by atoms with E-state index < -0.39 is 6.10 Å². The minimum Gasteiger partial charge on any atom is -0.462 e. The summed E-state index contributed by atoms with van der Waals surface area (Å²) in [6.45, 7) is 6.43. The van der Waals surface area contributed by atoms with E-state index in [4.69, 9.17) is 14.2 Å². The van der Waals surface area contributed by atoms with Gasteiger partial charge in [0.25, 0.3) is 0 Å². The van der Waals surface area contributed by atoms with Crippen LogP contribution in [0.5, 0.6) is 0 Å². The number of hydrogen-bond acceptors (Lipinski definition) is 6. The maximum Gasteiger partial charge on any atom is 0.306 e. The molecule has 0 aromatic heterocycles. The fourth-order valence-electron chi connectivity index (χ4n) is 9.69. The molecule has 1 unspecified atom stereocenters. The predicted octanol–water partition coefficient (Wildman–Crippen LogP) is 23.1. The van der Waals surface area contributed by atoms with E-state index in [0.717, 1.165) is 109 Å². The first-order valence-corrected chi connectivity index (χ1v) is 33.6. The quantitative estimate of drug-likeness (QED) is 0.0261. The van der Waals surface area contributed by atoms with Crippen LogP contribution in [0.3, 0.4) is 0 Å². The molecule has 1 atom stereocenters. The predicted molar refractivity (Wildman–Crippen MR) is 339 cm³/mol. The van der Waals surface area contributed by atoms with E-state index in [2.05, 4.69) is 106 Å². The summed E-state index contributed by atoms with van der Waals surface area (Å²) in [5, 5.41) is 0. The molecule has 0 aromatic carbocycles. The highest BCUT2D eigenvalue weighted by molar-refractivity contribution is 5.71. The number of carbonyl (C=O) groups is 3. The van der Waals surface area contributed by atoms with Crippen molar-refractivity contribution in [3.63, 3.8) is 0 Å². The molecular formula is C72H126O6. The molecule has 78 heavy (non-hydrogen) atoms. The van der Waals surface area contributed by atoms with Gasteiger partial charge in [0.1, 0.15) is 13.2 Å². The summed E-state index contributed by atoms with van der Waals surface area (Å²) in [7, 11) is 0. The first-order valence-electron chi connectivity index (χ1n) is 33.6. The molecule has 0 rings (SSSR count). The van der Waals surface area contributed by atoms with E-state index in [0.29, 0.717) is 19.3 Å². The van der Waals surface area contributed by atoms with E-state index in [9.17, 15) is 14.4 Å². The lowest BCUT2D eigenvalue weighted by atomic mass is 10.0. The number of rotatable bonds is 61. The van der Waals surface area contributed by atoms with Gasteiger partial charge in [-0.1, -0.05) is 311 Å². The lowest BCUT2D eigenvalue weighted by Crippen LogP contribution is -2.30. The van der Waals surface area contributed by atoms with Crippen molar-refractivity contribution in [2.24, 2.45) is 0 Å². The van der Waals surface area contributed by atoms with Gasteiger partial charge < -0.3 is 14.2 Å². The molecule has 6 heteroatoms. The van der Waals surface area contributed by atoms with Gasteiger partial charge in [0, 0.05) is 19.3 Å². The van der Waals surface area contributed by atoms with Crippen molar-refractivity contribution < 1.29 is 28.6 Å². The van der Waals surface area contributed by atoms with Crippen molar-refractivity contribution in [3.05, 3.63) is 85.1 Å². The summed E-state index contributed by atoms with van der Waals surface area (Å²) in [4.78, 5) is 38.4. The molecule has 0 saturated carbocycles. The Bertz CT molecular complexity index is 1480. The van der Waals surface area contributed by atoms with E-state index in [-0.39, 0.29) is 31.1 Å². The molecule has 0 N–H and O–H groups in total. The molecule has 0 saturated heterocycles. The van der Waals surface area contributed by atoms with Crippen LogP contribution in [0.4, 0.5) is 0 Å². The maximum atomic E-state index is 12.9. The lowest BCUT2D eigenvalue weighted by Gasteiger charge is -2.18. The van der Waals surface area contributed by atoms with Crippen molar-refractivity contribution in [3.8, 4) is 0 Å². The standard InChI is InChI=1S/C72H126O6/c1-4-7-10-13-16-19-22-25-27-29-31-33-35-36-37-39-40-42-44-47-50-53-56-59-62-65-71(74)77-68-69(67-76-70(73)64-61-58-55-52-49-46-24-21-18-15-12-9-6-3)78-72(75)66-63-60-57-54-51-48-45-43-41-38-34-32-30-28-26-23-20-17-14-11-8-5-2/h7,9-10,12,16,18-19,21,25,27,31,33,46,49,69H,4-6,8,11,13-15,17,20,22-24,26,28-30,32,34-45,47-48,50-68H2,1-3H3/b10-7-,12-9-,19-16-,21-18-,27-25-,33-31-,49-46-. The zero-order chi connectivity index (χ0) is 56.4. The molecule has 0 bridgehead atoms. The summed E-state index contributed by atoms with van der Waals surface area (Å²) >= 11 is 0. The van der Waals surface area contributed by atoms with Crippen LogP contribution in [-0.4, -0.2) is 37.2 Å². The van der Waals surface area contributed by atoms with Gasteiger partial charge in [-0.2, -0.15) is 0 Å². The van der Waals surface area contributed by atoms with Crippen LogP contribution in [0.1, 0.15) is 335 Å². The number of carbonyl (C=O) groups excluding carboxylic acids is 3. The van der Waals surface area contributed by atoms with Gasteiger partial charge >= 0.3 is 17.9 Å². The summed E-state index contributed by atoms with van der Waals surface area (Å²) in [6.07, 6.45) is 87.5. The average molecular weight is 1090 g/mol. The van der Waals surface area contributed by atoms with Crippen LogP contribution in [0.25, 0.3) is 0 Å². The maximum absolute atomic E-state index is 12.9. The van der Waals surface area contributed by atoms with E-state index in [1.807, 2.05) is 0 Å². The summed E-state index contributed by atoms with van der Waals surface area (Å²) in [5.41, 5.74) is 0. The first kappa shape index (κ1) is 74.6. The highest BCUT2D eigenvalue weighted by atomic mass is 16.6. The van der Waals surface area contributed by atoms with Crippen molar-refractivity contribution in [1.82, 2.24) is 0 Å². The SMILES string of the molecule is CC/C=C\C/C=C\C/C=C\C/C=C\CCCCCCCCCCCCCCC(=O)OCC(COC(=O)CCCCC/C=C\C/C=C\C/C=C\CC)OC(=O)CCCCCCCCCCCCCCCCCCCCCCCC. The van der Waals surface area contributed by atoms with Crippen molar-refractivity contribution in [2.75, 3.05) is 13.2 Å². The van der Waals surface area contributed by atoms with Gasteiger partial charge in [0.15, 0.2) is 6.10 Å². The number of esters is 3. The highest BCUT2D eigenvalue weighted by Gasteiger charge is 2.19. The summed E-state index contributed by atoms with van der Waals surface area (Å²) < 4.78 is 16.9. The molecular weight excluding hydrogens is 961 g/mol. The van der Waals surface area contributed by atoms with E-state index >= 15 is 0 Å². The van der Waals surface area contributed by atoms with E-state index in [1.54, 1.807) is 0 Å². The van der Waals surface area contributed by atoms with Gasteiger partial charge in [0.05, 0.1) is 0 Å². The second kappa shape index (κ2) is 66.1. The van der Waals surface area contributed by atoms with Crippen LogP contribution in [0.2, 0.25) is 0 Å². The van der Waals surface area contributed by atoms with Gasteiger partial charge in [-0.15, -0.1) is 0 Å². The highest BCUT2D eigenvalue weighted by Crippen LogP contribution is 2.18. The van der Waals surface area contributed by atoms with Gasteiger partial charge in [-0.25, -0.2) is 0 Å². The summed E-state index contributed by atoms with van der Waals surface area (Å²) in [5.74, 6) is -0.899. The average Bonchev–Trinajstić information content (AvgIpc) is 3.44. The Kier molecular flexibility index (Phi) is 63.2. The van der Waals surface area contributed by atoms with Crippen LogP contribution >= 0.6 is 0 Å². The van der Waals surface area contributed by atoms with Crippen LogP contribution in [0, 0.1) is 0 Å². The third-order valence-corrected chi connectivity index (χ3v) is 14.6. The number of hydrogen-bond donors (Lipinski definition) is 0. The molecule has 0 radical (unpaired) electrons. The minimum absolute atomic E-state index is 0.0839. The molecule has 0 amide bonds. The zero-order valence-electron chi connectivity index (χ0n) is 51.7. The van der Waals surface area contributed by atoms with Crippen molar-refractivity contribution in [2.45, 2.75) is 341 Å². The second-order valence-electron chi connectivity index (χ2n) is 22.3. The second-order valence-corrected chi connectivity index (χ2v) is 22.3. The fraction of sp³-hybridized carbons (Fsp3) is 0.764. The van der Waals surface area contributed by atoms with Gasteiger partial charge in [-0.05, 0) is 89.9 Å². The number of ether oxygens (including phenoxy) is 3. The Morgan fingerprint density at radius 2 is 0.500 bits per heavy atom. The van der Waals surface area contributed by atoms with Gasteiger partial charge in [-0.3, -0.25) is 14.4 Å². The molecule has 0 heterocycles. The Hall–Kier alpha value is -3.41. The molecule has 0 aromatic rings. The van der Waals surface area contributed by atoms with Crippen LogP contribution in [-0.2, 0) is 28.6 Å². The van der Waals surface area contributed by atoms with Crippen LogP contribution in [0.15, 0.2) is 85.1 Å². The smallest absolute Gasteiger partial charge is 0.306 e. The molecule has 0 aliphatic rings. The zero-order valence-corrected chi connectivity index (χ0v) is 51.7. The largest absolute Gasteiger partial charge is 0.462 e. The normalized spacial score (nSPS) is 12.6. The Morgan fingerprint density at radius 3 is 0.795 bits per heavy atom. The fourth-order valence-corrected chi connectivity index (χ4v) is 9.69. The third kappa shape index (κ3) is 63.4. The topological polar surface area (TPSA) is 78.9 Å².